The summed E-state index contributed by atoms with van der Waals surface area (Å²) in [6.45, 7) is 4.86. The van der Waals surface area contributed by atoms with Gasteiger partial charge in [-0.25, -0.2) is 4.39 Å². The molecular formula is C24H23ClFN3O. The maximum absolute atomic E-state index is 13.3. The lowest BCUT2D eigenvalue weighted by molar-refractivity contribution is 0.0943. The first-order valence-corrected chi connectivity index (χ1v) is 10.3. The van der Waals surface area contributed by atoms with Crippen LogP contribution in [-0.4, -0.2) is 21.7 Å². The SMILES string of the molecule is Cc1nn(Cc2ccccc2)c(C)c1[C@H]1C=C[C@@H](NC(=O)c2ccc(F)c(Cl)c2)C1. The van der Waals surface area contributed by atoms with Crippen molar-refractivity contribution in [3.8, 4) is 0 Å². The van der Waals surface area contributed by atoms with Crippen molar-refractivity contribution in [1.82, 2.24) is 15.1 Å². The van der Waals surface area contributed by atoms with Gasteiger partial charge in [0, 0.05) is 28.8 Å². The number of hydrogen-bond acceptors (Lipinski definition) is 2. The molecule has 154 valence electrons. The molecule has 0 aliphatic heterocycles. The zero-order valence-corrected chi connectivity index (χ0v) is 17.7. The fraction of sp³-hybridized carbons (Fsp3) is 0.250. The second-order valence-electron chi connectivity index (χ2n) is 7.66. The van der Waals surface area contributed by atoms with Gasteiger partial charge >= 0.3 is 0 Å². The Bertz CT molecular complexity index is 1110. The molecule has 1 amide bonds. The number of benzene rings is 2. The van der Waals surface area contributed by atoms with E-state index in [9.17, 15) is 9.18 Å². The highest BCUT2D eigenvalue weighted by molar-refractivity contribution is 6.31. The van der Waals surface area contributed by atoms with E-state index in [0.29, 0.717) is 5.56 Å². The van der Waals surface area contributed by atoms with E-state index < -0.39 is 5.82 Å². The molecule has 30 heavy (non-hydrogen) atoms. The molecule has 0 fully saturated rings. The summed E-state index contributed by atoms with van der Waals surface area (Å²) >= 11 is 5.79. The predicted molar refractivity (Wildman–Crippen MR) is 116 cm³/mol. The molecule has 0 unspecified atom stereocenters. The molecule has 1 heterocycles. The molecule has 0 saturated heterocycles. The molecule has 4 rings (SSSR count). The van der Waals surface area contributed by atoms with E-state index in [-0.39, 0.29) is 22.9 Å². The van der Waals surface area contributed by atoms with Crippen LogP contribution in [0.25, 0.3) is 0 Å². The van der Waals surface area contributed by atoms with Crippen LogP contribution in [-0.2, 0) is 6.54 Å². The summed E-state index contributed by atoms with van der Waals surface area (Å²) in [6, 6.07) is 14.2. The van der Waals surface area contributed by atoms with Gasteiger partial charge in [-0.1, -0.05) is 54.1 Å². The van der Waals surface area contributed by atoms with Crippen LogP contribution < -0.4 is 5.32 Å². The molecule has 0 bridgehead atoms. The topological polar surface area (TPSA) is 46.9 Å². The maximum Gasteiger partial charge on any atom is 0.251 e. The average molecular weight is 424 g/mol. The molecule has 4 nitrogen and oxygen atoms in total. The number of nitrogens with zero attached hydrogens (tertiary/aromatic N) is 2. The van der Waals surface area contributed by atoms with Crippen molar-refractivity contribution in [1.29, 1.82) is 0 Å². The van der Waals surface area contributed by atoms with Crippen LogP contribution in [0.5, 0.6) is 0 Å². The molecule has 0 spiro atoms. The van der Waals surface area contributed by atoms with Crippen LogP contribution in [0, 0.1) is 19.7 Å². The minimum absolute atomic E-state index is 0.0560. The zero-order chi connectivity index (χ0) is 21.3. The van der Waals surface area contributed by atoms with Crippen molar-refractivity contribution in [2.45, 2.75) is 38.8 Å². The second-order valence-corrected chi connectivity index (χ2v) is 8.07. The first-order valence-electron chi connectivity index (χ1n) is 9.94. The highest BCUT2D eigenvalue weighted by Gasteiger charge is 2.27. The van der Waals surface area contributed by atoms with Gasteiger partial charge in [0.25, 0.3) is 5.91 Å². The fourth-order valence-electron chi connectivity index (χ4n) is 4.07. The van der Waals surface area contributed by atoms with Crippen molar-refractivity contribution in [2.75, 3.05) is 0 Å². The highest BCUT2D eigenvalue weighted by Crippen LogP contribution is 2.33. The number of aromatic nitrogens is 2. The Morgan fingerprint density at radius 1 is 1.20 bits per heavy atom. The van der Waals surface area contributed by atoms with Crippen LogP contribution >= 0.6 is 11.6 Å². The van der Waals surface area contributed by atoms with E-state index in [1.54, 1.807) is 0 Å². The van der Waals surface area contributed by atoms with Gasteiger partial charge in [0.15, 0.2) is 0 Å². The summed E-state index contributed by atoms with van der Waals surface area (Å²) in [7, 11) is 0. The lowest BCUT2D eigenvalue weighted by Crippen LogP contribution is -2.32. The van der Waals surface area contributed by atoms with Crippen molar-refractivity contribution < 1.29 is 9.18 Å². The largest absolute Gasteiger partial charge is 0.346 e. The smallest absolute Gasteiger partial charge is 0.251 e. The Balaban J connectivity index is 1.45. The van der Waals surface area contributed by atoms with Gasteiger partial charge in [-0.2, -0.15) is 5.10 Å². The monoisotopic (exact) mass is 423 g/mol. The molecule has 2 aromatic carbocycles. The van der Waals surface area contributed by atoms with Gasteiger partial charge < -0.3 is 5.32 Å². The van der Waals surface area contributed by atoms with Crippen LogP contribution in [0.15, 0.2) is 60.7 Å². The minimum Gasteiger partial charge on any atom is -0.346 e. The summed E-state index contributed by atoms with van der Waals surface area (Å²) in [6.07, 6.45) is 4.91. The molecule has 0 radical (unpaired) electrons. The maximum atomic E-state index is 13.3. The van der Waals surface area contributed by atoms with E-state index in [2.05, 4.69) is 30.4 Å². The number of amides is 1. The highest BCUT2D eigenvalue weighted by atomic mass is 35.5. The quantitative estimate of drug-likeness (QED) is 0.574. The number of aryl methyl sites for hydroxylation is 1. The van der Waals surface area contributed by atoms with E-state index in [1.165, 1.54) is 29.3 Å². The third kappa shape index (κ3) is 4.17. The average Bonchev–Trinajstić information content (AvgIpc) is 3.28. The minimum atomic E-state index is -0.535. The Morgan fingerprint density at radius 3 is 2.70 bits per heavy atom. The normalized spacial score (nSPS) is 18.0. The summed E-state index contributed by atoms with van der Waals surface area (Å²) in [5, 5.41) is 7.68. The van der Waals surface area contributed by atoms with Gasteiger partial charge in [0.2, 0.25) is 0 Å². The van der Waals surface area contributed by atoms with Crippen molar-refractivity contribution in [3.05, 3.63) is 99.6 Å². The van der Waals surface area contributed by atoms with E-state index in [4.69, 9.17) is 16.7 Å². The first kappa shape index (κ1) is 20.4. The van der Waals surface area contributed by atoms with E-state index in [1.807, 2.05) is 35.9 Å². The molecule has 3 aromatic rings. The lowest BCUT2D eigenvalue weighted by atomic mass is 9.96. The number of carbonyl (C=O) groups is 1. The first-order chi connectivity index (χ1) is 14.4. The van der Waals surface area contributed by atoms with Crippen molar-refractivity contribution >= 4 is 17.5 Å². The molecule has 1 aliphatic rings. The summed E-state index contributed by atoms with van der Waals surface area (Å²) in [5.74, 6) is -0.607. The molecular weight excluding hydrogens is 401 g/mol. The number of halogens is 2. The van der Waals surface area contributed by atoms with Crippen molar-refractivity contribution in [3.63, 3.8) is 0 Å². The third-order valence-corrected chi connectivity index (χ3v) is 5.85. The predicted octanol–water partition coefficient (Wildman–Crippen LogP) is 5.18. The molecule has 1 N–H and O–H groups in total. The summed E-state index contributed by atoms with van der Waals surface area (Å²) in [4.78, 5) is 12.5. The second kappa shape index (κ2) is 8.44. The van der Waals surface area contributed by atoms with Gasteiger partial charge in [-0.05, 0) is 44.0 Å². The van der Waals surface area contributed by atoms with Gasteiger partial charge in [0.05, 0.1) is 17.3 Å². The van der Waals surface area contributed by atoms with Crippen LogP contribution in [0.2, 0.25) is 5.02 Å². The Labute approximate surface area is 180 Å². The van der Waals surface area contributed by atoms with Gasteiger partial charge in [-0.3, -0.25) is 9.48 Å². The Hall–Kier alpha value is -2.92. The van der Waals surface area contributed by atoms with E-state index >= 15 is 0 Å². The van der Waals surface area contributed by atoms with Crippen LogP contribution in [0.1, 0.15) is 45.2 Å². The fourth-order valence-corrected chi connectivity index (χ4v) is 4.25. The van der Waals surface area contributed by atoms with Crippen molar-refractivity contribution in [2.24, 2.45) is 0 Å². The molecule has 6 heteroatoms. The number of hydrogen-bond donors (Lipinski definition) is 1. The zero-order valence-electron chi connectivity index (χ0n) is 16.9. The summed E-state index contributed by atoms with van der Waals surface area (Å²) < 4.78 is 15.4. The van der Waals surface area contributed by atoms with Crippen LogP contribution in [0.4, 0.5) is 4.39 Å². The molecule has 1 aliphatic carbocycles. The lowest BCUT2D eigenvalue weighted by Gasteiger charge is -2.15. The molecule has 0 saturated carbocycles. The summed E-state index contributed by atoms with van der Waals surface area (Å²) in [5.41, 5.74) is 4.92. The van der Waals surface area contributed by atoms with E-state index in [0.717, 1.165) is 24.4 Å². The standard InChI is InChI=1S/C24H23ClFN3O/c1-15-23(16(2)29(28-15)14-17-6-4-3-5-7-17)18-8-10-20(12-18)27-24(30)19-9-11-22(26)21(25)13-19/h3-11,13,18,20H,12,14H2,1-2H3,(H,27,30)/t18-,20+/m0/s1. The third-order valence-electron chi connectivity index (χ3n) is 5.57. The Morgan fingerprint density at radius 2 is 1.97 bits per heavy atom. The van der Waals surface area contributed by atoms with Gasteiger partial charge in [-0.15, -0.1) is 0 Å². The number of carbonyl (C=O) groups excluding carboxylic acids is 1. The van der Waals surface area contributed by atoms with Crippen LogP contribution in [0.3, 0.4) is 0 Å². The Kier molecular flexibility index (Phi) is 5.73. The molecule has 1 aromatic heterocycles. The number of nitrogens with one attached hydrogen (secondary N) is 1. The number of allylic oxidation sites excluding steroid dienone is 1. The molecule has 2 atom stereocenters. The van der Waals surface area contributed by atoms with Gasteiger partial charge in [0.1, 0.15) is 5.82 Å². The number of rotatable bonds is 5.